The molecule has 1 aliphatic carbocycles. The van der Waals surface area contributed by atoms with Crippen LogP contribution < -0.4 is 10.6 Å². The van der Waals surface area contributed by atoms with Crippen LogP contribution in [0.5, 0.6) is 0 Å². The largest absolute Gasteiger partial charge is 0.481 e. The van der Waals surface area contributed by atoms with E-state index in [1.807, 2.05) is 31.2 Å². The molecule has 0 spiro atoms. The molecule has 33 heavy (non-hydrogen) atoms. The van der Waals surface area contributed by atoms with Gasteiger partial charge in [0.25, 0.3) is 0 Å². The monoisotopic (exact) mass is 452 g/mol. The van der Waals surface area contributed by atoms with Crippen LogP contribution in [0.25, 0.3) is 11.1 Å². The van der Waals surface area contributed by atoms with Crippen molar-refractivity contribution in [2.45, 2.75) is 51.5 Å². The van der Waals surface area contributed by atoms with Crippen LogP contribution in [0.1, 0.15) is 57.1 Å². The third kappa shape index (κ3) is 6.57. The van der Waals surface area contributed by atoms with E-state index in [0.717, 1.165) is 11.1 Å². The van der Waals surface area contributed by atoms with Crippen LogP contribution in [-0.2, 0) is 14.3 Å². The predicted octanol–water partition coefficient (Wildman–Crippen LogP) is 4.31. The Morgan fingerprint density at radius 2 is 1.61 bits per heavy atom. The van der Waals surface area contributed by atoms with Gasteiger partial charge in [-0.15, -0.1) is 0 Å². The number of rotatable bonds is 10. The third-order valence-electron chi connectivity index (χ3n) is 5.87. The molecule has 1 atom stereocenters. The molecule has 2 aromatic carbocycles. The van der Waals surface area contributed by atoms with Gasteiger partial charge in [0.05, 0.1) is 6.42 Å². The second kappa shape index (κ2) is 10.5. The summed E-state index contributed by atoms with van der Waals surface area (Å²) in [4.78, 5) is 35.3. The molecule has 0 radical (unpaired) electrons. The maximum Gasteiger partial charge on any atom is 0.407 e. The summed E-state index contributed by atoms with van der Waals surface area (Å²) in [5.41, 5.74) is 3.89. The minimum absolute atomic E-state index is 0.0124. The molecular formula is C26H32N2O5. The summed E-state index contributed by atoms with van der Waals surface area (Å²) in [7, 11) is 0. The molecule has 0 saturated carbocycles. The topological polar surface area (TPSA) is 105 Å². The minimum Gasteiger partial charge on any atom is -0.481 e. The third-order valence-corrected chi connectivity index (χ3v) is 5.87. The number of fused-ring (bicyclic) bond motifs is 3. The molecule has 2 amide bonds. The molecule has 1 unspecified atom stereocenters. The maximum absolute atomic E-state index is 12.3. The number of carboxylic acid groups (broad SMARTS) is 1. The fourth-order valence-corrected chi connectivity index (χ4v) is 4.25. The zero-order chi connectivity index (χ0) is 24.0. The van der Waals surface area contributed by atoms with Gasteiger partial charge in [0.2, 0.25) is 5.91 Å². The zero-order valence-corrected chi connectivity index (χ0v) is 19.4. The van der Waals surface area contributed by atoms with Crippen molar-refractivity contribution in [2.24, 2.45) is 5.92 Å². The zero-order valence-electron chi connectivity index (χ0n) is 19.4. The number of carbonyl (C=O) groups is 3. The van der Waals surface area contributed by atoms with Crippen LogP contribution in [0.4, 0.5) is 4.79 Å². The SMILES string of the molecule is CC(CCC(=O)NC(C)(C)CC(=O)O)CNC(=O)OCC1c2ccccc2-c2ccccc21. The van der Waals surface area contributed by atoms with Gasteiger partial charge >= 0.3 is 12.1 Å². The summed E-state index contributed by atoms with van der Waals surface area (Å²) in [6.45, 7) is 5.96. The Balaban J connectivity index is 1.42. The highest BCUT2D eigenvalue weighted by Crippen LogP contribution is 2.44. The van der Waals surface area contributed by atoms with Crippen LogP contribution >= 0.6 is 0 Å². The van der Waals surface area contributed by atoms with Gasteiger partial charge in [0.15, 0.2) is 0 Å². The fraction of sp³-hybridized carbons (Fsp3) is 0.423. The molecular weight excluding hydrogens is 420 g/mol. The van der Waals surface area contributed by atoms with Crippen molar-refractivity contribution in [1.82, 2.24) is 10.6 Å². The highest BCUT2D eigenvalue weighted by Gasteiger charge is 2.29. The molecule has 0 saturated heterocycles. The van der Waals surface area contributed by atoms with Crippen LogP contribution in [0, 0.1) is 5.92 Å². The molecule has 0 aromatic heterocycles. The van der Waals surface area contributed by atoms with E-state index >= 15 is 0 Å². The highest BCUT2D eigenvalue weighted by atomic mass is 16.5. The molecule has 176 valence electrons. The average Bonchev–Trinajstić information content (AvgIpc) is 3.07. The lowest BCUT2D eigenvalue weighted by atomic mass is 9.98. The summed E-state index contributed by atoms with van der Waals surface area (Å²) >= 11 is 0. The van der Waals surface area contributed by atoms with Crippen molar-refractivity contribution in [3.8, 4) is 11.1 Å². The predicted molar refractivity (Wildman–Crippen MR) is 126 cm³/mol. The number of carbonyl (C=O) groups excluding carboxylic acids is 2. The van der Waals surface area contributed by atoms with Crippen molar-refractivity contribution in [3.63, 3.8) is 0 Å². The average molecular weight is 453 g/mol. The quantitative estimate of drug-likeness (QED) is 0.498. The van der Waals surface area contributed by atoms with Crippen LogP contribution in [0.2, 0.25) is 0 Å². The summed E-state index contributed by atoms with van der Waals surface area (Å²) in [6, 6.07) is 16.4. The standard InChI is InChI=1S/C26H32N2O5/c1-17(12-13-23(29)28-26(2,3)14-24(30)31)15-27-25(32)33-16-22-20-10-6-4-8-18(20)19-9-5-7-11-21(19)22/h4-11,17,22H,12-16H2,1-3H3,(H,27,32)(H,28,29)(H,30,31). The number of ether oxygens (including phenoxy) is 1. The van der Waals surface area contributed by atoms with Crippen LogP contribution in [-0.4, -0.2) is 41.8 Å². The van der Waals surface area contributed by atoms with Crippen molar-refractivity contribution >= 4 is 18.0 Å². The molecule has 0 aliphatic heterocycles. The number of nitrogens with one attached hydrogen (secondary N) is 2. The number of hydrogen-bond donors (Lipinski definition) is 3. The molecule has 0 heterocycles. The summed E-state index contributed by atoms with van der Waals surface area (Å²) in [5.74, 6) is -1.08. The fourth-order valence-electron chi connectivity index (χ4n) is 4.25. The summed E-state index contributed by atoms with van der Waals surface area (Å²) in [6.07, 6.45) is 0.211. The molecule has 0 bridgehead atoms. The lowest BCUT2D eigenvalue weighted by Gasteiger charge is -2.24. The van der Waals surface area contributed by atoms with E-state index in [0.29, 0.717) is 13.0 Å². The summed E-state index contributed by atoms with van der Waals surface area (Å²) in [5, 5.41) is 14.4. The first kappa shape index (κ1) is 24.3. The molecule has 0 fully saturated rings. The van der Waals surface area contributed by atoms with E-state index in [1.54, 1.807) is 13.8 Å². The van der Waals surface area contributed by atoms with E-state index in [-0.39, 0.29) is 37.2 Å². The van der Waals surface area contributed by atoms with E-state index in [9.17, 15) is 14.4 Å². The molecule has 7 heteroatoms. The van der Waals surface area contributed by atoms with Gasteiger partial charge in [-0.2, -0.15) is 0 Å². The van der Waals surface area contributed by atoms with Gasteiger partial charge in [0, 0.05) is 24.4 Å². The second-order valence-corrected chi connectivity index (χ2v) is 9.35. The number of carboxylic acids is 1. The number of hydrogen-bond acceptors (Lipinski definition) is 4. The van der Waals surface area contributed by atoms with E-state index < -0.39 is 17.6 Å². The highest BCUT2D eigenvalue weighted by molar-refractivity contribution is 5.79. The summed E-state index contributed by atoms with van der Waals surface area (Å²) < 4.78 is 5.53. The van der Waals surface area contributed by atoms with Crippen molar-refractivity contribution in [3.05, 3.63) is 59.7 Å². The van der Waals surface area contributed by atoms with Gasteiger partial charge in [-0.05, 0) is 48.4 Å². The van der Waals surface area contributed by atoms with Gasteiger partial charge in [-0.3, -0.25) is 9.59 Å². The first-order valence-electron chi connectivity index (χ1n) is 11.3. The first-order valence-corrected chi connectivity index (χ1v) is 11.3. The minimum atomic E-state index is -0.957. The molecule has 1 aliphatic rings. The maximum atomic E-state index is 12.3. The van der Waals surface area contributed by atoms with Crippen molar-refractivity contribution in [2.75, 3.05) is 13.2 Å². The Morgan fingerprint density at radius 1 is 1.03 bits per heavy atom. The first-order chi connectivity index (χ1) is 15.7. The smallest absolute Gasteiger partial charge is 0.407 e. The van der Waals surface area contributed by atoms with Crippen molar-refractivity contribution < 1.29 is 24.2 Å². The lowest BCUT2D eigenvalue weighted by molar-refractivity contribution is -0.138. The number of benzene rings is 2. The van der Waals surface area contributed by atoms with Gasteiger partial charge in [0.1, 0.15) is 6.61 Å². The number of aliphatic carboxylic acids is 1. The van der Waals surface area contributed by atoms with Crippen LogP contribution in [0.15, 0.2) is 48.5 Å². The molecule has 3 N–H and O–H groups in total. The van der Waals surface area contributed by atoms with E-state index in [4.69, 9.17) is 9.84 Å². The van der Waals surface area contributed by atoms with Crippen LogP contribution in [0.3, 0.4) is 0 Å². The van der Waals surface area contributed by atoms with Gasteiger partial charge in [-0.1, -0.05) is 55.5 Å². The Kier molecular flexibility index (Phi) is 7.74. The molecule has 3 rings (SSSR count). The Hall–Kier alpha value is -3.35. The Labute approximate surface area is 194 Å². The lowest BCUT2D eigenvalue weighted by Crippen LogP contribution is -2.45. The van der Waals surface area contributed by atoms with E-state index in [1.165, 1.54) is 11.1 Å². The van der Waals surface area contributed by atoms with Gasteiger partial charge < -0.3 is 20.5 Å². The molecule has 7 nitrogen and oxygen atoms in total. The second-order valence-electron chi connectivity index (χ2n) is 9.35. The Morgan fingerprint density at radius 3 is 2.18 bits per heavy atom. The number of alkyl carbamates (subject to hydrolysis) is 1. The molecule has 2 aromatic rings. The Bertz CT molecular complexity index is 972. The van der Waals surface area contributed by atoms with Crippen molar-refractivity contribution in [1.29, 1.82) is 0 Å². The normalized spacial score (nSPS) is 13.5. The van der Waals surface area contributed by atoms with Gasteiger partial charge in [-0.25, -0.2) is 4.79 Å². The number of amides is 2. The van der Waals surface area contributed by atoms with E-state index in [2.05, 4.69) is 34.9 Å².